The van der Waals surface area contributed by atoms with Gasteiger partial charge in [-0.2, -0.15) is 0 Å². The molecule has 2 unspecified atom stereocenters. The van der Waals surface area contributed by atoms with Crippen molar-refractivity contribution in [1.29, 1.82) is 0 Å². The summed E-state index contributed by atoms with van der Waals surface area (Å²) < 4.78 is 0. The van der Waals surface area contributed by atoms with Gasteiger partial charge in [-0.1, -0.05) is 35.1 Å². The van der Waals surface area contributed by atoms with Gasteiger partial charge in [0.05, 0.1) is 0 Å². The first-order valence-electron chi connectivity index (χ1n) is 9.84. The molecule has 5 rings (SSSR count). The fourth-order valence-electron chi connectivity index (χ4n) is 4.70. The molecule has 1 aromatic carbocycles. The fourth-order valence-corrected chi connectivity index (χ4v) is 5.73. The number of hydrogen-bond acceptors (Lipinski definition) is 5. The minimum atomic E-state index is 0.780. The van der Waals surface area contributed by atoms with E-state index in [9.17, 15) is 0 Å². The van der Waals surface area contributed by atoms with Crippen LogP contribution in [-0.2, 0) is 6.42 Å². The molecule has 0 amide bonds. The van der Waals surface area contributed by atoms with Crippen LogP contribution in [0.2, 0.25) is 5.02 Å². The molecule has 3 fully saturated rings. The number of fused-ring (bicyclic) bond motifs is 1. The van der Waals surface area contributed by atoms with E-state index < -0.39 is 0 Å². The van der Waals surface area contributed by atoms with Crippen LogP contribution in [0.15, 0.2) is 24.3 Å². The molecule has 6 heteroatoms. The molecular weight excluding hydrogens is 364 g/mol. The molecule has 1 aromatic heterocycles. The topological polar surface area (TPSA) is 32.3 Å². The molecule has 2 aliphatic heterocycles. The van der Waals surface area contributed by atoms with Gasteiger partial charge in [0.15, 0.2) is 0 Å². The predicted molar refractivity (Wildman–Crippen MR) is 107 cm³/mol. The van der Waals surface area contributed by atoms with Crippen molar-refractivity contribution in [3.05, 3.63) is 39.9 Å². The number of likely N-dealkylation sites (tertiary alicyclic amines) is 1. The molecule has 3 aliphatic rings. The average molecular weight is 389 g/mol. The molecule has 1 saturated carbocycles. The summed E-state index contributed by atoms with van der Waals surface area (Å²) in [7, 11) is 0. The highest BCUT2D eigenvalue weighted by Crippen LogP contribution is 2.39. The number of hydrogen-bond donors (Lipinski definition) is 0. The molecule has 138 valence electrons. The van der Waals surface area contributed by atoms with Crippen molar-refractivity contribution >= 4 is 28.1 Å². The van der Waals surface area contributed by atoms with E-state index in [0.29, 0.717) is 0 Å². The summed E-state index contributed by atoms with van der Waals surface area (Å²) >= 11 is 7.73. The van der Waals surface area contributed by atoms with Crippen LogP contribution in [0.4, 0.5) is 5.13 Å². The zero-order valence-electron chi connectivity index (χ0n) is 15.0. The molecule has 0 bridgehead atoms. The van der Waals surface area contributed by atoms with Crippen LogP contribution >= 0.6 is 22.9 Å². The van der Waals surface area contributed by atoms with E-state index in [0.717, 1.165) is 52.7 Å². The summed E-state index contributed by atoms with van der Waals surface area (Å²) in [5, 5.41) is 11.9. The highest BCUT2D eigenvalue weighted by Gasteiger charge is 2.42. The van der Waals surface area contributed by atoms with Crippen molar-refractivity contribution in [2.24, 2.45) is 5.92 Å². The minimum Gasteiger partial charge on any atom is -0.346 e. The van der Waals surface area contributed by atoms with Crippen molar-refractivity contribution in [3.8, 4) is 0 Å². The van der Waals surface area contributed by atoms with Crippen molar-refractivity contribution in [1.82, 2.24) is 15.1 Å². The minimum absolute atomic E-state index is 0.780. The smallest absolute Gasteiger partial charge is 0.208 e. The summed E-state index contributed by atoms with van der Waals surface area (Å²) in [6.45, 7) is 3.61. The van der Waals surface area contributed by atoms with E-state index in [1.54, 1.807) is 11.3 Å². The van der Waals surface area contributed by atoms with Crippen molar-refractivity contribution < 1.29 is 0 Å². The van der Waals surface area contributed by atoms with Crippen LogP contribution in [0.1, 0.15) is 42.7 Å². The number of piperidine rings is 2. The molecule has 0 N–H and O–H groups in total. The van der Waals surface area contributed by atoms with E-state index >= 15 is 0 Å². The standard InChI is InChI=1S/C20H25ClN4S/c21-16-5-3-14(4-6-16)12-19-22-23-20(26-19)24-11-9-18-15(13-24)2-1-10-25(18)17-7-8-17/h3-6,15,17-18H,1-2,7-13H2. The van der Waals surface area contributed by atoms with Crippen LogP contribution in [0, 0.1) is 5.92 Å². The quantitative estimate of drug-likeness (QED) is 0.784. The van der Waals surface area contributed by atoms with Crippen LogP contribution in [0.25, 0.3) is 0 Å². The zero-order valence-corrected chi connectivity index (χ0v) is 16.6. The number of anilines is 1. The van der Waals surface area contributed by atoms with E-state index in [1.165, 1.54) is 44.2 Å². The maximum absolute atomic E-state index is 5.97. The Morgan fingerprint density at radius 3 is 2.69 bits per heavy atom. The van der Waals surface area contributed by atoms with Gasteiger partial charge in [0, 0.05) is 36.6 Å². The van der Waals surface area contributed by atoms with Crippen molar-refractivity contribution in [2.75, 3.05) is 24.5 Å². The predicted octanol–water partition coefficient (Wildman–Crippen LogP) is 4.24. The molecule has 0 spiro atoms. The van der Waals surface area contributed by atoms with Gasteiger partial charge in [0.2, 0.25) is 5.13 Å². The fraction of sp³-hybridized carbons (Fsp3) is 0.600. The lowest BCUT2D eigenvalue weighted by atomic mass is 9.84. The number of nitrogens with zero attached hydrogens (tertiary/aromatic N) is 4. The summed E-state index contributed by atoms with van der Waals surface area (Å²) in [6, 6.07) is 9.75. The molecule has 0 radical (unpaired) electrons. The number of benzene rings is 1. The Balaban J connectivity index is 1.25. The summed E-state index contributed by atoms with van der Waals surface area (Å²) in [4.78, 5) is 5.32. The van der Waals surface area contributed by atoms with Crippen molar-refractivity contribution in [2.45, 2.75) is 50.6 Å². The van der Waals surface area contributed by atoms with E-state index in [2.05, 4.69) is 32.1 Å². The first-order chi connectivity index (χ1) is 12.8. The van der Waals surface area contributed by atoms with Gasteiger partial charge < -0.3 is 4.90 Å². The highest BCUT2D eigenvalue weighted by atomic mass is 35.5. The van der Waals surface area contributed by atoms with Gasteiger partial charge in [-0.3, -0.25) is 4.90 Å². The van der Waals surface area contributed by atoms with E-state index in [1.807, 2.05) is 12.1 Å². The van der Waals surface area contributed by atoms with Gasteiger partial charge in [-0.25, -0.2) is 0 Å². The normalized spacial score (nSPS) is 26.7. The zero-order chi connectivity index (χ0) is 17.5. The van der Waals surface area contributed by atoms with Crippen LogP contribution in [0.5, 0.6) is 0 Å². The molecule has 2 atom stereocenters. The first kappa shape index (κ1) is 17.0. The van der Waals surface area contributed by atoms with Gasteiger partial charge in [-0.05, 0) is 62.3 Å². The largest absolute Gasteiger partial charge is 0.346 e. The Morgan fingerprint density at radius 2 is 1.88 bits per heavy atom. The second-order valence-corrected chi connectivity index (χ2v) is 9.43. The third-order valence-corrected chi connectivity index (χ3v) is 7.36. The molecule has 2 saturated heterocycles. The third kappa shape index (κ3) is 3.49. The van der Waals surface area contributed by atoms with Gasteiger partial charge in [0.25, 0.3) is 0 Å². The lowest BCUT2D eigenvalue weighted by Gasteiger charge is -2.47. The summed E-state index contributed by atoms with van der Waals surface area (Å²) in [5.41, 5.74) is 1.24. The molecule has 4 nitrogen and oxygen atoms in total. The van der Waals surface area contributed by atoms with E-state index in [4.69, 9.17) is 11.6 Å². The summed E-state index contributed by atoms with van der Waals surface area (Å²) in [6.07, 6.45) is 7.72. The monoisotopic (exact) mass is 388 g/mol. The Bertz CT molecular complexity index is 757. The molecule has 26 heavy (non-hydrogen) atoms. The average Bonchev–Trinajstić information content (AvgIpc) is 3.41. The second-order valence-electron chi connectivity index (χ2n) is 7.95. The Morgan fingerprint density at radius 1 is 1.04 bits per heavy atom. The number of aromatic nitrogens is 2. The third-order valence-electron chi connectivity index (χ3n) is 6.12. The number of rotatable bonds is 4. The lowest BCUT2D eigenvalue weighted by Crippen LogP contribution is -2.54. The molecule has 3 heterocycles. The maximum Gasteiger partial charge on any atom is 0.208 e. The number of halogens is 1. The maximum atomic E-state index is 5.97. The van der Waals surface area contributed by atoms with Crippen molar-refractivity contribution in [3.63, 3.8) is 0 Å². The highest BCUT2D eigenvalue weighted by molar-refractivity contribution is 7.15. The van der Waals surface area contributed by atoms with E-state index in [-0.39, 0.29) is 0 Å². The SMILES string of the molecule is Clc1ccc(Cc2nnc(N3CCC4C(CCCN4C4CC4)C3)s2)cc1. The summed E-state index contributed by atoms with van der Waals surface area (Å²) in [5.74, 6) is 0.807. The van der Waals surface area contributed by atoms with Gasteiger partial charge in [0.1, 0.15) is 5.01 Å². The van der Waals surface area contributed by atoms with Crippen LogP contribution in [0.3, 0.4) is 0 Å². The van der Waals surface area contributed by atoms with Crippen LogP contribution < -0.4 is 4.90 Å². The van der Waals surface area contributed by atoms with Gasteiger partial charge in [-0.15, -0.1) is 10.2 Å². The Kier molecular flexibility index (Phi) is 4.63. The second kappa shape index (κ2) is 7.10. The Labute approximate surface area is 164 Å². The van der Waals surface area contributed by atoms with Gasteiger partial charge >= 0.3 is 0 Å². The Hall–Kier alpha value is -1.17. The van der Waals surface area contributed by atoms with Crippen LogP contribution in [-0.4, -0.2) is 46.8 Å². The molecule has 1 aliphatic carbocycles. The first-order valence-corrected chi connectivity index (χ1v) is 11.0. The molecule has 2 aromatic rings. The molecular formula is C20H25ClN4S. The lowest BCUT2D eigenvalue weighted by molar-refractivity contribution is 0.0698.